The second-order valence-electron chi connectivity index (χ2n) is 7.21. The molecule has 0 amide bonds. The van der Waals surface area contributed by atoms with Gasteiger partial charge in [-0.1, -0.05) is 34.6 Å². The average Bonchev–Trinajstić information content (AvgIpc) is 2.14. The molecule has 1 rings (SSSR count). The molecular weight excluding hydrogens is 212 g/mol. The Balaban J connectivity index is 2.73. The number of carbonyl (C=O) groups is 1. The molecule has 17 heavy (non-hydrogen) atoms. The van der Waals surface area contributed by atoms with E-state index < -0.39 is 5.97 Å². The Hall–Kier alpha value is -0.530. The quantitative estimate of drug-likeness (QED) is 0.803. The van der Waals surface area contributed by atoms with E-state index in [2.05, 4.69) is 34.6 Å². The number of aliphatic carboxylic acids is 1. The lowest BCUT2D eigenvalue weighted by Crippen LogP contribution is -2.35. The van der Waals surface area contributed by atoms with Crippen molar-refractivity contribution in [1.29, 1.82) is 0 Å². The van der Waals surface area contributed by atoms with Crippen molar-refractivity contribution in [2.45, 2.75) is 60.3 Å². The number of hydrogen-bond donors (Lipinski definition) is 1. The molecule has 3 atom stereocenters. The first-order valence-corrected chi connectivity index (χ1v) is 6.94. The van der Waals surface area contributed by atoms with Crippen LogP contribution in [0.25, 0.3) is 0 Å². The van der Waals surface area contributed by atoms with E-state index in [-0.39, 0.29) is 5.92 Å². The maximum atomic E-state index is 11.3. The highest BCUT2D eigenvalue weighted by Gasteiger charge is 2.38. The van der Waals surface area contributed by atoms with E-state index in [0.29, 0.717) is 23.2 Å². The summed E-state index contributed by atoms with van der Waals surface area (Å²) in [7, 11) is 0. The van der Waals surface area contributed by atoms with Crippen LogP contribution in [0.4, 0.5) is 0 Å². The van der Waals surface area contributed by atoms with Crippen LogP contribution in [0.1, 0.15) is 60.3 Å². The third-order valence-electron chi connectivity index (χ3n) is 4.30. The molecule has 1 N–H and O–H groups in total. The van der Waals surface area contributed by atoms with Gasteiger partial charge in [0.2, 0.25) is 0 Å². The highest BCUT2D eigenvalue weighted by atomic mass is 16.4. The van der Waals surface area contributed by atoms with Crippen LogP contribution in [0.5, 0.6) is 0 Å². The molecule has 1 fully saturated rings. The maximum Gasteiger partial charge on any atom is 0.306 e. The Morgan fingerprint density at radius 2 is 1.88 bits per heavy atom. The van der Waals surface area contributed by atoms with Crippen LogP contribution in [-0.4, -0.2) is 11.1 Å². The Morgan fingerprint density at radius 1 is 1.29 bits per heavy atom. The van der Waals surface area contributed by atoms with Gasteiger partial charge in [0, 0.05) is 0 Å². The molecule has 2 heteroatoms. The minimum absolute atomic E-state index is 0.101. The second-order valence-corrected chi connectivity index (χ2v) is 7.21. The molecule has 3 unspecified atom stereocenters. The molecular formula is C15H28O2. The van der Waals surface area contributed by atoms with Crippen LogP contribution in [0.3, 0.4) is 0 Å². The molecule has 0 saturated heterocycles. The summed E-state index contributed by atoms with van der Waals surface area (Å²) in [6.07, 6.45) is 4.10. The summed E-state index contributed by atoms with van der Waals surface area (Å²) in [4.78, 5) is 11.3. The Bertz CT molecular complexity index is 263. The molecule has 0 aromatic heterocycles. The summed E-state index contributed by atoms with van der Waals surface area (Å²) in [5.74, 6) is 0.979. The van der Waals surface area contributed by atoms with E-state index in [0.717, 1.165) is 25.7 Å². The van der Waals surface area contributed by atoms with Crippen LogP contribution in [0.15, 0.2) is 0 Å². The fourth-order valence-electron chi connectivity index (χ4n) is 3.24. The third kappa shape index (κ3) is 4.01. The number of carboxylic acid groups (broad SMARTS) is 1. The van der Waals surface area contributed by atoms with Gasteiger partial charge in [0.25, 0.3) is 0 Å². The van der Waals surface area contributed by atoms with Gasteiger partial charge in [-0.05, 0) is 48.9 Å². The second kappa shape index (κ2) is 5.41. The van der Waals surface area contributed by atoms with E-state index in [9.17, 15) is 9.90 Å². The lowest BCUT2D eigenvalue weighted by atomic mass is 9.64. The molecule has 1 aliphatic rings. The average molecular weight is 240 g/mol. The monoisotopic (exact) mass is 240 g/mol. The van der Waals surface area contributed by atoms with Crippen molar-refractivity contribution in [3.8, 4) is 0 Å². The predicted molar refractivity (Wildman–Crippen MR) is 70.9 cm³/mol. The largest absolute Gasteiger partial charge is 0.481 e. The molecule has 0 aromatic rings. The van der Waals surface area contributed by atoms with E-state index in [1.807, 2.05) is 0 Å². The van der Waals surface area contributed by atoms with Crippen molar-refractivity contribution < 1.29 is 9.90 Å². The third-order valence-corrected chi connectivity index (χ3v) is 4.30. The SMILES string of the molecule is CC(C)CC1CC(C(C)(C)C)CCC1C(=O)O. The maximum absolute atomic E-state index is 11.3. The standard InChI is InChI=1S/C15H28O2/c1-10(2)8-11-9-12(15(3,4)5)6-7-13(11)14(16)17/h10-13H,6-9H2,1-5H3,(H,16,17). The molecule has 2 nitrogen and oxygen atoms in total. The van der Waals surface area contributed by atoms with Gasteiger partial charge in [-0.25, -0.2) is 0 Å². The van der Waals surface area contributed by atoms with Crippen LogP contribution in [0.2, 0.25) is 0 Å². The van der Waals surface area contributed by atoms with Crippen LogP contribution in [-0.2, 0) is 4.79 Å². The predicted octanol–water partition coefficient (Wildman–Crippen LogP) is 4.20. The summed E-state index contributed by atoms with van der Waals surface area (Å²) in [5.41, 5.74) is 0.318. The number of carboxylic acids is 1. The molecule has 100 valence electrons. The van der Waals surface area contributed by atoms with E-state index in [1.54, 1.807) is 0 Å². The number of hydrogen-bond acceptors (Lipinski definition) is 1. The first kappa shape index (κ1) is 14.5. The molecule has 0 aliphatic heterocycles. The van der Waals surface area contributed by atoms with Crippen LogP contribution >= 0.6 is 0 Å². The van der Waals surface area contributed by atoms with E-state index in [4.69, 9.17) is 0 Å². The van der Waals surface area contributed by atoms with Crippen molar-refractivity contribution in [1.82, 2.24) is 0 Å². The van der Waals surface area contributed by atoms with E-state index in [1.165, 1.54) is 0 Å². The van der Waals surface area contributed by atoms with Gasteiger partial charge in [-0.15, -0.1) is 0 Å². The fourth-order valence-corrected chi connectivity index (χ4v) is 3.24. The smallest absolute Gasteiger partial charge is 0.306 e. The number of rotatable bonds is 3. The zero-order valence-corrected chi connectivity index (χ0v) is 12.0. The molecule has 0 aromatic carbocycles. The van der Waals surface area contributed by atoms with Crippen molar-refractivity contribution >= 4 is 5.97 Å². The minimum Gasteiger partial charge on any atom is -0.481 e. The summed E-state index contributed by atoms with van der Waals surface area (Å²) in [6.45, 7) is 11.2. The Kier molecular flexibility index (Phi) is 4.62. The summed E-state index contributed by atoms with van der Waals surface area (Å²) in [5, 5.41) is 9.31. The van der Waals surface area contributed by atoms with Crippen LogP contribution in [0, 0.1) is 29.1 Å². The molecule has 0 bridgehead atoms. The molecule has 0 spiro atoms. The highest BCUT2D eigenvalue weighted by Crippen LogP contribution is 2.44. The lowest BCUT2D eigenvalue weighted by Gasteiger charge is -2.41. The Morgan fingerprint density at radius 3 is 2.29 bits per heavy atom. The summed E-state index contributed by atoms with van der Waals surface area (Å²) >= 11 is 0. The summed E-state index contributed by atoms with van der Waals surface area (Å²) < 4.78 is 0. The van der Waals surface area contributed by atoms with E-state index >= 15 is 0 Å². The fraction of sp³-hybridized carbons (Fsp3) is 0.933. The van der Waals surface area contributed by atoms with Gasteiger partial charge in [0.1, 0.15) is 0 Å². The first-order chi connectivity index (χ1) is 7.71. The molecule has 1 saturated carbocycles. The van der Waals surface area contributed by atoms with Crippen molar-refractivity contribution in [3.05, 3.63) is 0 Å². The topological polar surface area (TPSA) is 37.3 Å². The Labute approximate surface area is 106 Å². The summed E-state index contributed by atoms with van der Waals surface area (Å²) in [6, 6.07) is 0. The molecule has 1 aliphatic carbocycles. The van der Waals surface area contributed by atoms with Crippen molar-refractivity contribution in [2.75, 3.05) is 0 Å². The normalized spacial score (nSPS) is 30.6. The van der Waals surface area contributed by atoms with Crippen molar-refractivity contribution in [2.24, 2.45) is 29.1 Å². The highest BCUT2D eigenvalue weighted by molar-refractivity contribution is 5.70. The van der Waals surface area contributed by atoms with Gasteiger partial charge >= 0.3 is 5.97 Å². The minimum atomic E-state index is -0.581. The zero-order chi connectivity index (χ0) is 13.2. The first-order valence-electron chi connectivity index (χ1n) is 6.94. The van der Waals surface area contributed by atoms with Gasteiger partial charge in [-0.2, -0.15) is 0 Å². The van der Waals surface area contributed by atoms with Gasteiger partial charge in [0.15, 0.2) is 0 Å². The van der Waals surface area contributed by atoms with Crippen molar-refractivity contribution in [3.63, 3.8) is 0 Å². The van der Waals surface area contributed by atoms with Gasteiger partial charge in [0.05, 0.1) is 5.92 Å². The van der Waals surface area contributed by atoms with Crippen LogP contribution < -0.4 is 0 Å². The lowest BCUT2D eigenvalue weighted by molar-refractivity contribution is -0.146. The van der Waals surface area contributed by atoms with Gasteiger partial charge < -0.3 is 5.11 Å². The zero-order valence-electron chi connectivity index (χ0n) is 12.0. The molecule has 0 heterocycles. The molecule has 0 radical (unpaired) electrons. The van der Waals surface area contributed by atoms with Gasteiger partial charge in [-0.3, -0.25) is 4.79 Å².